The van der Waals surface area contributed by atoms with Gasteiger partial charge in [-0.2, -0.15) is 4.72 Å². The molecule has 1 aromatic carbocycles. The Bertz CT molecular complexity index is 764. The third-order valence-corrected chi connectivity index (χ3v) is 4.87. The van der Waals surface area contributed by atoms with E-state index in [4.69, 9.17) is 11.6 Å². The summed E-state index contributed by atoms with van der Waals surface area (Å²) in [5, 5.41) is 3.10. The first-order valence-corrected chi connectivity index (χ1v) is 8.69. The van der Waals surface area contributed by atoms with Gasteiger partial charge in [0.25, 0.3) is 0 Å². The minimum absolute atomic E-state index is 0.0516. The Morgan fingerprint density at radius 1 is 1.17 bits per heavy atom. The van der Waals surface area contributed by atoms with Gasteiger partial charge in [-0.3, -0.25) is 9.78 Å². The van der Waals surface area contributed by atoms with Crippen molar-refractivity contribution < 1.29 is 13.2 Å². The largest absolute Gasteiger partial charge is 0.351 e. The van der Waals surface area contributed by atoms with E-state index < -0.39 is 22.0 Å². The standard InChI is InChI=1S/C15H16ClN3O3S/c1-11(15(20)18-10-12-6-8-17-9-7-12)19-23(21,22)14-4-2-13(16)3-5-14/h2-9,11,19H,10H2,1H3,(H,18,20). The number of pyridine rings is 1. The average molecular weight is 354 g/mol. The fourth-order valence-electron chi connectivity index (χ4n) is 1.81. The van der Waals surface area contributed by atoms with Gasteiger partial charge in [-0.15, -0.1) is 0 Å². The number of hydrogen-bond acceptors (Lipinski definition) is 4. The van der Waals surface area contributed by atoms with Crippen molar-refractivity contribution >= 4 is 27.5 Å². The molecule has 0 radical (unpaired) electrons. The number of carbonyl (C=O) groups is 1. The van der Waals surface area contributed by atoms with Gasteiger partial charge in [0.2, 0.25) is 15.9 Å². The normalized spacial score (nSPS) is 12.6. The summed E-state index contributed by atoms with van der Waals surface area (Å²) in [4.78, 5) is 15.9. The molecule has 8 heteroatoms. The Morgan fingerprint density at radius 3 is 2.39 bits per heavy atom. The van der Waals surface area contributed by atoms with Crippen LogP contribution in [-0.4, -0.2) is 25.4 Å². The fraction of sp³-hybridized carbons (Fsp3) is 0.200. The van der Waals surface area contributed by atoms with Gasteiger partial charge in [0.15, 0.2) is 0 Å². The second-order valence-electron chi connectivity index (χ2n) is 4.87. The van der Waals surface area contributed by atoms with Crippen molar-refractivity contribution in [3.05, 3.63) is 59.4 Å². The quantitative estimate of drug-likeness (QED) is 0.827. The molecule has 0 aliphatic rings. The third-order valence-electron chi connectivity index (χ3n) is 3.07. The van der Waals surface area contributed by atoms with Gasteiger partial charge < -0.3 is 5.32 Å². The molecular formula is C15H16ClN3O3S. The van der Waals surface area contributed by atoms with Gasteiger partial charge in [0.1, 0.15) is 0 Å². The minimum atomic E-state index is -3.78. The Hall–Kier alpha value is -1.96. The molecule has 0 spiro atoms. The molecule has 6 nitrogen and oxygen atoms in total. The zero-order chi connectivity index (χ0) is 16.9. The summed E-state index contributed by atoms with van der Waals surface area (Å²) in [5.74, 6) is -0.417. The molecule has 0 bridgehead atoms. The van der Waals surface area contributed by atoms with Gasteiger partial charge in [0.05, 0.1) is 10.9 Å². The van der Waals surface area contributed by atoms with Crippen molar-refractivity contribution in [3.63, 3.8) is 0 Å². The second-order valence-corrected chi connectivity index (χ2v) is 7.02. The Balaban J connectivity index is 1.96. The summed E-state index contributed by atoms with van der Waals surface area (Å²) < 4.78 is 26.7. The van der Waals surface area contributed by atoms with Gasteiger partial charge in [0, 0.05) is 24.0 Å². The lowest BCUT2D eigenvalue weighted by molar-refractivity contribution is -0.122. The third kappa shape index (κ3) is 5.02. The van der Waals surface area contributed by atoms with Crippen molar-refractivity contribution in [3.8, 4) is 0 Å². The van der Waals surface area contributed by atoms with Crippen LogP contribution in [0.4, 0.5) is 0 Å². The van der Waals surface area contributed by atoms with Crippen LogP contribution in [0.3, 0.4) is 0 Å². The number of nitrogens with zero attached hydrogens (tertiary/aromatic N) is 1. The maximum absolute atomic E-state index is 12.2. The fourth-order valence-corrected chi connectivity index (χ4v) is 3.14. The van der Waals surface area contributed by atoms with Gasteiger partial charge in [-0.1, -0.05) is 11.6 Å². The number of hydrogen-bond donors (Lipinski definition) is 2. The van der Waals surface area contributed by atoms with E-state index in [0.717, 1.165) is 5.56 Å². The van der Waals surface area contributed by atoms with Crippen LogP contribution in [0.15, 0.2) is 53.7 Å². The minimum Gasteiger partial charge on any atom is -0.351 e. The van der Waals surface area contributed by atoms with E-state index in [1.54, 1.807) is 24.5 Å². The second kappa shape index (κ2) is 7.54. The zero-order valence-corrected chi connectivity index (χ0v) is 13.9. The molecule has 2 N–H and O–H groups in total. The average Bonchev–Trinajstić information content (AvgIpc) is 2.53. The summed E-state index contributed by atoms with van der Waals surface area (Å²) in [6.07, 6.45) is 3.24. The van der Waals surface area contributed by atoms with Crippen LogP contribution < -0.4 is 10.0 Å². The SMILES string of the molecule is CC(NS(=O)(=O)c1ccc(Cl)cc1)C(=O)NCc1ccncc1. The van der Waals surface area contributed by atoms with Crippen molar-refractivity contribution in [1.82, 2.24) is 15.0 Å². The van der Waals surface area contributed by atoms with E-state index in [-0.39, 0.29) is 4.90 Å². The molecule has 1 heterocycles. The number of benzene rings is 1. The summed E-state index contributed by atoms with van der Waals surface area (Å²) in [6.45, 7) is 1.78. The number of nitrogens with one attached hydrogen (secondary N) is 2. The first kappa shape index (κ1) is 17.4. The highest BCUT2D eigenvalue weighted by atomic mass is 35.5. The van der Waals surface area contributed by atoms with Crippen LogP contribution in [-0.2, 0) is 21.4 Å². The van der Waals surface area contributed by atoms with Crippen LogP contribution in [0, 0.1) is 0 Å². The van der Waals surface area contributed by atoms with Crippen molar-refractivity contribution in [2.24, 2.45) is 0 Å². The van der Waals surface area contributed by atoms with Crippen LogP contribution in [0.5, 0.6) is 0 Å². The molecule has 23 heavy (non-hydrogen) atoms. The zero-order valence-electron chi connectivity index (χ0n) is 12.4. The van der Waals surface area contributed by atoms with Gasteiger partial charge in [-0.25, -0.2) is 8.42 Å². The van der Waals surface area contributed by atoms with Crippen LogP contribution in [0.1, 0.15) is 12.5 Å². The van der Waals surface area contributed by atoms with Crippen molar-refractivity contribution in [2.75, 3.05) is 0 Å². The highest BCUT2D eigenvalue weighted by molar-refractivity contribution is 7.89. The summed E-state index contributed by atoms with van der Waals surface area (Å²) in [5.41, 5.74) is 0.876. The molecule has 1 unspecified atom stereocenters. The molecule has 1 amide bonds. The summed E-state index contributed by atoms with van der Waals surface area (Å²) >= 11 is 5.73. The smallest absolute Gasteiger partial charge is 0.241 e. The van der Waals surface area contributed by atoms with Crippen LogP contribution >= 0.6 is 11.6 Å². The number of rotatable bonds is 6. The number of halogens is 1. The number of aromatic nitrogens is 1. The Kier molecular flexibility index (Phi) is 5.70. The van der Waals surface area contributed by atoms with E-state index in [9.17, 15) is 13.2 Å². The van der Waals surface area contributed by atoms with E-state index in [2.05, 4.69) is 15.0 Å². The van der Waals surface area contributed by atoms with E-state index in [1.165, 1.54) is 31.2 Å². The lowest BCUT2D eigenvalue weighted by Crippen LogP contribution is -2.44. The van der Waals surface area contributed by atoms with E-state index >= 15 is 0 Å². The van der Waals surface area contributed by atoms with Crippen LogP contribution in [0.2, 0.25) is 5.02 Å². The number of sulfonamides is 1. The van der Waals surface area contributed by atoms with Gasteiger partial charge >= 0.3 is 0 Å². The molecule has 0 saturated heterocycles. The molecule has 1 aromatic heterocycles. The molecule has 1 atom stereocenters. The Labute approximate surface area is 139 Å². The predicted molar refractivity (Wildman–Crippen MR) is 87.3 cm³/mol. The summed E-state index contributed by atoms with van der Waals surface area (Å²) in [6, 6.07) is 8.34. The lowest BCUT2D eigenvalue weighted by atomic mass is 10.2. The Morgan fingerprint density at radius 2 is 1.78 bits per heavy atom. The molecule has 0 aliphatic carbocycles. The maximum Gasteiger partial charge on any atom is 0.241 e. The van der Waals surface area contributed by atoms with E-state index in [0.29, 0.717) is 11.6 Å². The monoisotopic (exact) mass is 353 g/mol. The van der Waals surface area contributed by atoms with Gasteiger partial charge in [-0.05, 0) is 48.9 Å². The molecule has 0 saturated carbocycles. The topological polar surface area (TPSA) is 88.2 Å². The van der Waals surface area contributed by atoms with Crippen molar-refractivity contribution in [1.29, 1.82) is 0 Å². The highest BCUT2D eigenvalue weighted by Crippen LogP contribution is 2.14. The maximum atomic E-state index is 12.2. The molecular weight excluding hydrogens is 338 g/mol. The number of amides is 1. The lowest BCUT2D eigenvalue weighted by Gasteiger charge is -2.14. The number of carbonyl (C=O) groups excluding carboxylic acids is 1. The van der Waals surface area contributed by atoms with Crippen molar-refractivity contribution in [2.45, 2.75) is 24.4 Å². The molecule has 122 valence electrons. The first-order chi connectivity index (χ1) is 10.9. The summed E-state index contributed by atoms with van der Waals surface area (Å²) in [7, 11) is -3.78. The predicted octanol–water partition coefficient (Wildman–Crippen LogP) is 1.72. The molecule has 0 fully saturated rings. The molecule has 2 rings (SSSR count). The first-order valence-electron chi connectivity index (χ1n) is 6.83. The van der Waals surface area contributed by atoms with Crippen LogP contribution in [0.25, 0.3) is 0 Å². The highest BCUT2D eigenvalue weighted by Gasteiger charge is 2.21. The van der Waals surface area contributed by atoms with E-state index in [1.807, 2.05) is 0 Å². The molecule has 2 aromatic rings. The molecule has 0 aliphatic heterocycles.